The molecule has 0 saturated carbocycles. The third-order valence-electron chi connectivity index (χ3n) is 1.73. The number of hydrogen-bond acceptors (Lipinski definition) is 2. The first kappa shape index (κ1) is 10.4. The molecule has 2 unspecified atom stereocenters. The average molecular weight is 160 g/mol. The number of carbonyl (C=O) groups is 1. The molecule has 0 aromatic carbocycles. The van der Waals surface area contributed by atoms with Crippen molar-refractivity contribution in [2.24, 2.45) is 5.92 Å². The van der Waals surface area contributed by atoms with E-state index in [0.29, 0.717) is 6.61 Å². The normalized spacial score (nSPS) is 15.9. The Labute approximate surface area is 67.4 Å². The number of carboxylic acid groups (broad SMARTS) is 1. The summed E-state index contributed by atoms with van der Waals surface area (Å²) in [6.45, 7) is 6.05. The van der Waals surface area contributed by atoms with E-state index in [-0.39, 0.29) is 6.10 Å². The van der Waals surface area contributed by atoms with Gasteiger partial charge in [0.05, 0.1) is 12.0 Å². The fourth-order valence-electron chi connectivity index (χ4n) is 0.989. The van der Waals surface area contributed by atoms with Gasteiger partial charge in [-0.05, 0) is 20.3 Å². The molecule has 0 aromatic heterocycles. The first-order valence-corrected chi connectivity index (χ1v) is 3.97. The van der Waals surface area contributed by atoms with Crippen LogP contribution in [-0.4, -0.2) is 23.8 Å². The molecule has 0 aromatic rings. The van der Waals surface area contributed by atoms with Crippen LogP contribution >= 0.6 is 0 Å². The Morgan fingerprint density at radius 1 is 1.55 bits per heavy atom. The van der Waals surface area contributed by atoms with Crippen LogP contribution in [0.1, 0.15) is 27.2 Å². The number of aliphatic carboxylic acids is 1. The molecule has 0 aliphatic rings. The predicted octanol–water partition coefficient (Wildman–Crippen LogP) is 1.52. The summed E-state index contributed by atoms with van der Waals surface area (Å²) < 4.78 is 5.23. The van der Waals surface area contributed by atoms with Crippen molar-refractivity contribution in [3.63, 3.8) is 0 Å². The maximum atomic E-state index is 10.5. The van der Waals surface area contributed by atoms with Gasteiger partial charge in [-0.3, -0.25) is 4.79 Å². The Hall–Kier alpha value is -0.570. The topological polar surface area (TPSA) is 46.5 Å². The minimum atomic E-state index is -0.787. The van der Waals surface area contributed by atoms with Gasteiger partial charge in [0.25, 0.3) is 0 Å². The molecule has 11 heavy (non-hydrogen) atoms. The SMILES string of the molecule is CCOC(CC)C(C)C(=O)O. The molecule has 0 aliphatic carbocycles. The first-order chi connectivity index (χ1) is 5.13. The van der Waals surface area contributed by atoms with Crippen LogP contribution in [0.25, 0.3) is 0 Å². The molecule has 0 rings (SSSR count). The average Bonchev–Trinajstić information content (AvgIpc) is 1.98. The Bertz CT molecular complexity index is 123. The molecular weight excluding hydrogens is 144 g/mol. The van der Waals surface area contributed by atoms with Crippen LogP contribution in [0.5, 0.6) is 0 Å². The van der Waals surface area contributed by atoms with Gasteiger partial charge in [-0.15, -0.1) is 0 Å². The zero-order valence-electron chi connectivity index (χ0n) is 7.33. The summed E-state index contributed by atoms with van der Waals surface area (Å²) in [5.74, 6) is -1.19. The highest BCUT2D eigenvalue weighted by Crippen LogP contribution is 2.10. The van der Waals surface area contributed by atoms with E-state index in [1.54, 1.807) is 6.92 Å². The van der Waals surface area contributed by atoms with Gasteiger partial charge in [0, 0.05) is 6.61 Å². The van der Waals surface area contributed by atoms with Gasteiger partial charge in [-0.1, -0.05) is 6.92 Å². The summed E-state index contributed by atoms with van der Waals surface area (Å²) in [6.07, 6.45) is 0.610. The lowest BCUT2D eigenvalue weighted by atomic mass is 10.0. The second-order valence-electron chi connectivity index (χ2n) is 2.53. The van der Waals surface area contributed by atoms with Crippen LogP contribution in [-0.2, 0) is 9.53 Å². The van der Waals surface area contributed by atoms with Crippen LogP contribution in [0.15, 0.2) is 0 Å². The summed E-state index contributed by atoms with van der Waals surface area (Å²) >= 11 is 0. The number of rotatable bonds is 5. The lowest BCUT2D eigenvalue weighted by molar-refractivity contribution is -0.146. The fourth-order valence-corrected chi connectivity index (χ4v) is 0.989. The van der Waals surface area contributed by atoms with Crippen molar-refractivity contribution in [3.05, 3.63) is 0 Å². The monoisotopic (exact) mass is 160 g/mol. The summed E-state index contributed by atoms with van der Waals surface area (Å²) in [5, 5.41) is 8.63. The summed E-state index contributed by atoms with van der Waals surface area (Å²) in [6, 6.07) is 0. The molecule has 1 N–H and O–H groups in total. The molecule has 0 amide bonds. The molecule has 3 nitrogen and oxygen atoms in total. The van der Waals surface area contributed by atoms with E-state index in [9.17, 15) is 4.79 Å². The van der Waals surface area contributed by atoms with Crippen molar-refractivity contribution in [3.8, 4) is 0 Å². The molecule has 0 heterocycles. The number of hydrogen-bond donors (Lipinski definition) is 1. The molecule has 0 aliphatic heterocycles. The van der Waals surface area contributed by atoms with Gasteiger partial charge in [0.2, 0.25) is 0 Å². The van der Waals surface area contributed by atoms with Gasteiger partial charge in [0.15, 0.2) is 0 Å². The highest BCUT2D eigenvalue weighted by atomic mass is 16.5. The lowest BCUT2D eigenvalue weighted by Crippen LogP contribution is -2.27. The smallest absolute Gasteiger partial charge is 0.308 e. The summed E-state index contributed by atoms with van der Waals surface area (Å²) in [5.41, 5.74) is 0. The van der Waals surface area contributed by atoms with E-state index in [0.717, 1.165) is 6.42 Å². The van der Waals surface area contributed by atoms with E-state index in [4.69, 9.17) is 9.84 Å². The molecule has 0 fully saturated rings. The Kier molecular flexibility index (Phi) is 4.86. The standard InChI is InChI=1S/C8H16O3/c1-4-7(11-5-2)6(3)8(9)10/h6-7H,4-5H2,1-3H3,(H,9,10). The molecular formula is C8H16O3. The van der Waals surface area contributed by atoms with Crippen LogP contribution in [0, 0.1) is 5.92 Å². The summed E-state index contributed by atoms with van der Waals surface area (Å²) in [4.78, 5) is 10.5. The van der Waals surface area contributed by atoms with Gasteiger partial charge < -0.3 is 9.84 Å². The van der Waals surface area contributed by atoms with Gasteiger partial charge >= 0.3 is 5.97 Å². The van der Waals surface area contributed by atoms with E-state index >= 15 is 0 Å². The fraction of sp³-hybridized carbons (Fsp3) is 0.875. The highest BCUT2D eigenvalue weighted by Gasteiger charge is 2.21. The highest BCUT2D eigenvalue weighted by molar-refractivity contribution is 5.70. The van der Waals surface area contributed by atoms with Crippen LogP contribution in [0.2, 0.25) is 0 Å². The molecule has 0 saturated heterocycles. The summed E-state index contributed by atoms with van der Waals surface area (Å²) in [7, 11) is 0. The first-order valence-electron chi connectivity index (χ1n) is 3.97. The van der Waals surface area contributed by atoms with Crippen molar-refractivity contribution in [2.45, 2.75) is 33.3 Å². The molecule has 0 radical (unpaired) electrons. The maximum absolute atomic E-state index is 10.5. The number of carboxylic acids is 1. The second kappa shape index (κ2) is 5.13. The predicted molar refractivity (Wildman–Crippen MR) is 42.5 cm³/mol. The van der Waals surface area contributed by atoms with Crippen molar-refractivity contribution >= 4 is 5.97 Å². The minimum Gasteiger partial charge on any atom is -0.481 e. The Balaban J connectivity index is 3.91. The lowest BCUT2D eigenvalue weighted by Gasteiger charge is -2.18. The van der Waals surface area contributed by atoms with Gasteiger partial charge in [-0.25, -0.2) is 0 Å². The van der Waals surface area contributed by atoms with E-state index in [1.807, 2.05) is 13.8 Å². The van der Waals surface area contributed by atoms with E-state index < -0.39 is 11.9 Å². The molecule has 2 atom stereocenters. The Morgan fingerprint density at radius 3 is 2.36 bits per heavy atom. The maximum Gasteiger partial charge on any atom is 0.308 e. The van der Waals surface area contributed by atoms with Gasteiger partial charge in [-0.2, -0.15) is 0 Å². The van der Waals surface area contributed by atoms with Crippen LogP contribution < -0.4 is 0 Å². The largest absolute Gasteiger partial charge is 0.481 e. The minimum absolute atomic E-state index is 0.141. The molecule has 66 valence electrons. The zero-order chi connectivity index (χ0) is 8.85. The zero-order valence-corrected chi connectivity index (χ0v) is 7.33. The molecule has 0 spiro atoms. The van der Waals surface area contributed by atoms with Crippen molar-refractivity contribution in [1.82, 2.24) is 0 Å². The van der Waals surface area contributed by atoms with Crippen LogP contribution in [0.3, 0.4) is 0 Å². The van der Waals surface area contributed by atoms with Crippen molar-refractivity contribution in [2.75, 3.05) is 6.61 Å². The molecule has 0 bridgehead atoms. The third-order valence-corrected chi connectivity index (χ3v) is 1.73. The second-order valence-corrected chi connectivity index (χ2v) is 2.53. The van der Waals surface area contributed by atoms with Gasteiger partial charge in [0.1, 0.15) is 0 Å². The van der Waals surface area contributed by atoms with Crippen LogP contribution in [0.4, 0.5) is 0 Å². The Morgan fingerprint density at radius 2 is 2.09 bits per heavy atom. The number of ether oxygens (including phenoxy) is 1. The molecule has 3 heteroatoms. The van der Waals surface area contributed by atoms with Crippen molar-refractivity contribution < 1.29 is 14.6 Å². The van der Waals surface area contributed by atoms with Crippen molar-refractivity contribution in [1.29, 1.82) is 0 Å². The quantitative estimate of drug-likeness (QED) is 0.663. The third kappa shape index (κ3) is 3.37. The van der Waals surface area contributed by atoms with E-state index in [1.165, 1.54) is 0 Å². The van der Waals surface area contributed by atoms with E-state index in [2.05, 4.69) is 0 Å².